The first-order valence-electron chi connectivity index (χ1n) is 7.04. The summed E-state index contributed by atoms with van der Waals surface area (Å²) in [6, 6.07) is 0. The van der Waals surface area contributed by atoms with Crippen LogP contribution < -0.4 is 5.32 Å². The summed E-state index contributed by atoms with van der Waals surface area (Å²) in [4.78, 5) is 5.28. The smallest absolute Gasteiger partial charge is 0.0110 e. The third-order valence-electron chi connectivity index (χ3n) is 3.92. The average molecular weight is 262 g/mol. The molecule has 17 heavy (non-hydrogen) atoms. The zero-order valence-electron chi connectivity index (χ0n) is 11.2. The van der Waals surface area contributed by atoms with Crippen LogP contribution in [-0.4, -0.2) is 62.2 Å². The van der Waals surface area contributed by atoms with Crippen LogP contribution in [0, 0.1) is 5.92 Å². The predicted molar refractivity (Wildman–Crippen MR) is 76.0 cm³/mol. The second-order valence-corrected chi connectivity index (χ2v) is 5.35. The molecule has 2 rings (SSSR count). The molecule has 0 saturated carbocycles. The van der Waals surface area contributed by atoms with E-state index >= 15 is 0 Å². The molecule has 0 amide bonds. The van der Waals surface area contributed by atoms with Crippen molar-refractivity contribution in [2.75, 3.05) is 52.4 Å². The lowest BCUT2D eigenvalue weighted by Gasteiger charge is -2.37. The molecule has 0 radical (unpaired) electrons. The highest BCUT2D eigenvalue weighted by Crippen LogP contribution is 2.13. The Balaban J connectivity index is 0.00000144. The van der Waals surface area contributed by atoms with Gasteiger partial charge in [0.2, 0.25) is 0 Å². The van der Waals surface area contributed by atoms with Crippen LogP contribution in [0.15, 0.2) is 0 Å². The fourth-order valence-electron chi connectivity index (χ4n) is 2.96. The topological polar surface area (TPSA) is 18.5 Å². The Morgan fingerprint density at radius 2 is 1.82 bits per heavy atom. The van der Waals surface area contributed by atoms with Crippen LogP contribution in [0.2, 0.25) is 0 Å². The molecule has 0 aromatic heterocycles. The Morgan fingerprint density at radius 1 is 1.12 bits per heavy atom. The van der Waals surface area contributed by atoms with Crippen LogP contribution in [0.3, 0.4) is 0 Å². The monoisotopic (exact) mass is 261 g/mol. The van der Waals surface area contributed by atoms with Gasteiger partial charge in [-0.15, -0.1) is 12.4 Å². The van der Waals surface area contributed by atoms with Gasteiger partial charge in [0.15, 0.2) is 0 Å². The number of piperidine rings is 1. The van der Waals surface area contributed by atoms with Crippen molar-refractivity contribution in [2.45, 2.75) is 26.2 Å². The minimum absolute atomic E-state index is 0. The number of rotatable bonds is 4. The van der Waals surface area contributed by atoms with Crippen molar-refractivity contribution in [3.8, 4) is 0 Å². The third kappa shape index (κ3) is 5.12. The van der Waals surface area contributed by atoms with Crippen LogP contribution in [0.5, 0.6) is 0 Å². The third-order valence-corrected chi connectivity index (χ3v) is 3.92. The molecule has 0 aromatic carbocycles. The maximum absolute atomic E-state index is 3.52. The minimum atomic E-state index is 0. The van der Waals surface area contributed by atoms with E-state index in [1.165, 1.54) is 71.6 Å². The standard InChI is InChI=1S/C13H27N3.ClH/c1-2-6-15-7-9-16(10-8-15)12-13-4-3-5-14-11-13;/h13-14H,2-12H2,1H3;1H. The Hall–Kier alpha value is 0.170. The molecule has 2 aliphatic heterocycles. The van der Waals surface area contributed by atoms with Crippen molar-refractivity contribution in [1.82, 2.24) is 15.1 Å². The number of halogens is 1. The highest BCUT2D eigenvalue weighted by molar-refractivity contribution is 5.85. The highest BCUT2D eigenvalue weighted by atomic mass is 35.5. The van der Waals surface area contributed by atoms with Gasteiger partial charge in [0, 0.05) is 32.7 Å². The SMILES string of the molecule is CCCN1CCN(CC2CCCNC2)CC1.Cl. The molecule has 1 N–H and O–H groups in total. The average Bonchev–Trinajstić information content (AvgIpc) is 2.33. The van der Waals surface area contributed by atoms with E-state index in [-0.39, 0.29) is 12.4 Å². The molecular formula is C13H28ClN3. The molecule has 0 aliphatic carbocycles. The summed E-state index contributed by atoms with van der Waals surface area (Å²) >= 11 is 0. The Kier molecular flexibility index (Phi) is 7.44. The van der Waals surface area contributed by atoms with Gasteiger partial charge >= 0.3 is 0 Å². The highest BCUT2D eigenvalue weighted by Gasteiger charge is 2.20. The van der Waals surface area contributed by atoms with Gasteiger partial charge in [-0.25, -0.2) is 0 Å². The molecule has 0 aromatic rings. The van der Waals surface area contributed by atoms with E-state index in [1.54, 1.807) is 0 Å². The molecule has 1 atom stereocenters. The van der Waals surface area contributed by atoms with Crippen molar-refractivity contribution in [2.24, 2.45) is 5.92 Å². The van der Waals surface area contributed by atoms with E-state index < -0.39 is 0 Å². The molecule has 0 spiro atoms. The molecule has 2 aliphatic rings. The molecule has 2 saturated heterocycles. The molecule has 4 heteroatoms. The zero-order valence-corrected chi connectivity index (χ0v) is 12.0. The first-order valence-corrected chi connectivity index (χ1v) is 7.04. The number of piperazine rings is 1. The van der Waals surface area contributed by atoms with E-state index in [0.717, 1.165) is 5.92 Å². The number of nitrogens with one attached hydrogen (secondary N) is 1. The van der Waals surface area contributed by atoms with Gasteiger partial charge in [0.25, 0.3) is 0 Å². The van der Waals surface area contributed by atoms with Gasteiger partial charge in [0.05, 0.1) is 0 Å². The lowest BCUT2D eigenvalue weighted by molar-refractivity contribution is 0.112. The molecule has 0 bridgehead atoms. The van der Waals surface area contributed by atoms with Crippen molar-refractivity contribution in [1.29, 1.82) is 0 Å². The van der Waals surface area contributed by atoms with Crippen LogP contribution in [0.1, 0.15) is 26.2 Å². The summed E-state index contributed by atoms with van der Waals surface area (Å²) < 4.78 is 0. The van der Waals surface area contributed by atoms with Gasteiger partial charge in [-0.05, 0) is 44.8 Å². The molecular weight excluding hydrogens is 234 g/mol. The number of hydrogen-bond acceptors (Lipinski definition) is 3. The van der Waals surface area contributed by atoms with Gasteiger partial charge in [-0.2, -0.15) is 0 Å². The quantitative estimate of drug-likeness (QED) is 0.826. The summed E-state index contributed by atoms with van der Waals surface area (Å²) in [7, 11) is 0. The van der Waals surface area contributed by atoms with E-state index in [9.17, 15) is 0 Å². The fraction of sp³-hybridized carbons (Fsp3) is 1.00. The Labute approximate surface area is 112 Å². The molecule has 2 heterocycles. The van der Waals surface area contributed by atoms with E-state index in [0.29, 0.717) is 0 Å². The largest absolute Gasteiger partial charge is 0.316 e. The van der Waals surface area contributed by atoms with E-state index in [4.69, 9.17) is 0 Å². The second-order valence-electron chi connectivity index (χ2n) is 5.35. The normalized spacial score (nSPS) is 27.7. The maximum Gasteiger partial charge on any atom is 0.0110 e. The molecule has 3 nitrogen and oxygen atoms in total. The number of hydrogen-bond donors (Lipinski definition) is 1. The van der Waals surface area contributed by atoms with Crippen molar-refractivity contribution >= 4 is 12.4 Å². The van der Waals surface area contributed by atoms with Crippen LogP contribution in [0.4, 0.5) is 0 Å². The van der Waals surface area contributed by atoms with Crippen molar-refractivity contribution in [3.05, 3.63) is 0 Å². The molecule has 102 valence electrons. The first kappa shape index (κ1) is 15.2. The van der Waals surface area contributed by atoms with Crippen molar-refractivity contribution in [3.63, 3.8) is 0 Å². The van der Waals surface area contributed by atoms with Crippen LogP contribution in [-0.2, 0) is 0 Å². The van der Waals surface area contributed by atoms with E-state index in [1.807, 2.05) is 0 Å². The number of nitrogens with zero attached hydrogens (tertiary/aromatic N) is 2. The van der Waals surface area contributed by atoms with E-state index in [2.05, 4.69) is 22.0 Å². The van der Waals surface area contributed by atoms with Crippen molar-refractivity contribution < 1.29 is 0 Å². The lowest BCUT2D eigenvalue weighted by atomic mass is 9.99. The lowest BCUT2D eigenvalue weighted by Crippen LogP contribution is -2.49. The Bertz CT molecular complexity index is 187. The van der Waals surface area contributed by atoms with Gasteiger partial charge in [0.1, 0.15) is 0 Å². The van der Waals surface area contributed by atoms with Gasteiger partial charge in [-0.3, -0.25) is 0 Å². The first-order chi connectivity index (χ1) is 7.88. The summed E-state index contributed by atoms with van der Waals surface area (Å²) in [6.07, 6.45) is 4.11. The minimum Gasteiger partial charge on any atom is -0.316 e. The van der Waals surface area contributed by atoms with Gasteiger partial charge < -0.3 is 15.1 Å². The molecule has 1 unspecified atom stereocenters. The summed E-state index contributed by atoms with van der Waals surface area (Å²) in [5, 5.41) is 3.52. The summed E-state index contributed by atoms with van der Waals surface area (Å²) in [5.41, 5.74) is 0. The van der Waals surface area contributed by atoms with Crippen LogP contribution in [0.25, 0.3) is 0 Å². The second kappa shape index (κ2) is 8.30. The van der Waals surface area contributed by atoms with Gasteiger partial charge in [-0.1, -0.05) is 6.92 Å². The van der Waals surface area contributed by atoms with Crippen LogP contribution >= 0.6 is 12.4 Å². The molecule has 2 fully saturated rings. The Morgan fingerprint density at radius 3 is 2.41 bits per heavy atom. The maximum atomic E-state index is 3.52. The predicted octanol–water partition coefficient (Wildman–Crippen LogP) is 1.44. The summed E-state index contributed by atoms with van der Waals surface area (Å²) in [5.74, 6) is 0.909. The zero-order chi connectivity index (χ0) is 11.2. The summed E-state index contributed by atoms with van der Waals surface area (Å²) in [6.45, 7) is 12.5. The fourth-order valence-corrected chi connectivity index (χ4v) is 2.96.